The number of para-hydroxylation sites is 1. The van der Waals surface area contributed by atoms with Crippen molar-refractivity contribution in [3.63, 3.8) is 0 Å². The van der Waals surface area contributed by atoms with Gasteiger partial charge in [0.2, 0.25) is 23.6 Å². The second kappa shape index (κ2) is 41.3. The number of amides is 16. The number of likely N-dealkylation sites (tertiary alicyclic amines) is 1. The van der Waals surface area contributed by atoms with Crippen LogP contribution in [-0.2, 0) is 68.7 Å². The number of cyclic esters (lactones) is 1. The Hall–Kier alpha value is -11.6. The van der Waals surface area contributed by atoms with E-state index in [2.05, 4.69) is 17.2 Å². The fourth-order valence-electron chi connectivity index (χ4n) is 10.6. The molecule has 13 rings (SSSR count). The molecule has 0 bridgehead atoms. The van der Waals surface area contributed by atoms with Crippen LogP contribution in [0, 0.1) is 5.41 Å². The van der Waals surface area contributed by atoms with Crippen LogP contribution in [0.15, 0.2) is 105 Å². The van der Waals surface area contributed by atoms with Gasteiger partial charge in [-0.1, -0.05) is 115 Å². The molecule has 3 aromatic carbocycles. The van der Waals surface area contributed by atoms with E-state index in [9.17, 15) is 81.5 Å². The van der Waals surface area contributed by atoms with Gasteiger partial charge in [-0.25, -0.2) is 52.4 Å². The van der Waals surface area contributed by atoms with Gasteiger partial charge >= 0.3 is 41.3 Å². The summed E-state index contributed by atoms with van der Waals surface area (Å²) in [6, 6.07) is 19.0. The van der Waals surface area contributed by atoms with E-state index < -0.39 is 17.2 Å². The maximum absolute atomic E-state index is 11.9. The van der Waals surface area contributed by atoms with E-state index in [1.165, 1.54) is 108 Å². The number of ether oxygens (including phenoxy) is 1. The topological polar surface area (TPSA) is 377 Å². The van der Waals surface area contributed by atoms with Crippen molar-refractivity contribution in [1.82, 2.24) is 72.5 Å². The fourth-order valence-corrected chi connectivity index (χ4v) is 10.6. The number of imide groups is 6. The van der Waals surface area contributed by atoms with Gasteiger partial charge < -0.3 is 29.7 Å². The summed E-state index contributed by atoms with van der Waals surface area (Å²) in [6.45, 7) is 10.7. The number of carbonyl (C=O) groups excluding carboxylic acids is 13. The summed E-state index contributed by atoms with van der Waals surface area (Å²) in [7, 11) is 21.5. The number of fused-ring (bicyclic) bond motifs is 1. The Kier molecular flexibility index (Phi) is 39.3. The summed E-state index contributed by atoms with van der Waals surface area (Å²) < 4.78 is 10.7. The lowest BCUT2D eigenvalue weighted by molar-refractivity contribution is -0.151. The highest BCUT2D eigenvalue weighted by Crippen LogP contribution is 2.46. The number of carbonyl (C=O) groups is 13. The molecule has 1 saturated carbocycles. The highest BCUT2D eigenvalue weighted by molar-refractivity contribution is 6.25. The molecule has 7 aliphatic heterocycles. The maximum Gasteiger partial charge on any atom is 0.417 e. The molecule has 34 nitrogen and oxygen atoms in total. The highest BCUT2D eigenvalue weighted by Gasteiger charge is 2.48. The summed E-state index contributed by atoms with van der Waals surface area (Å²) in [5.74, 6) is -0.581. The summed E-state index contributed by atoms with van der Waals surface area (Å²) in [6.07, 6.45) is 6.57. The van der Waals surface area contributed by atoms with E-state index in [1.807, 2.05) is 42.5 Å². The first-order chi connectivity index (χ1) is 46.4. The summed E-state index contributed by atoms with van der Waals surface area (Å²) in [5, 5.41) is 7.12. The van der Waals surface area contributed by atoms with Crippen molar-refractivity contribution in [1.29, 1.82) is 0 Å². The number of nitrogens with one attached hydrogen (secondary N) is 2. The molecule has 5 saturated heterocycles. The van der Waals surface area contributed by atoms with E-state index in [1.54, 1.807) is 95.2 Å². The Balaban J connectivity index is -0.000000562. The van der Waals surface area contributed by atoms with Gasteiger partial charge in [0.1, 0.15) is 17.9 Å². The lowest BCUT2D eigenvalue weighted by Gasteiger charge is -2.35. The molecule has 2 aromatic heterocycles. The first-order valence-electron chi connectivity index (χ1n) is 31.0. The van der Waals surface area contributed by atoms with E-state index in [0.717, 1.165) is 62.9 Å². The Bertz CT molecular complexity index is 4280. The van der Waals surface area contributed by atoms with Gasteiger partial charge in [-0.15, -0.1) is 0 Å². The Morgan fingerprint density at radius 2 is 0.907 bits per heavy atom. The average Bonchev–Trinajstić information content (AvgIpc) is 1.20. The summed E-state index contributed by atoms with van der Waals surface area (Å²) in [4.78, 5) is 199. The van der Waals surface area contributed by atoms with E-state index in [0.29, 0.717) is 35.4 Å². The molecule has 16 amide bonds. The molecule has 34 heteroatoms. The number of aryl methyl sites for hydroxylation is 1. The minimum Gasteiger partial charge on any atom is -0.433 e. The molecule has 1 spiro atoms. The molecule has 0 unspecified atom stereocenters. The number of urea groups is 3. The standard InChI is InChI=1S/C13H9NO2.C10H10N2O.C10H15NO2.C7H12N2O2.C6H8N2O2.C6H9NO3.C5H9N3O2.C5H8N2O2.C4H6N2O2.8CH4/c1-14-12(15)9-6-2-4-8-5-3-7-10(11(8)9)13(14)16;1-7-11-9-6-4-3-5-8(9)10(13)12(7)2;1-11-8(12)6-10(7-9(11)13)4-2-3-5-10;1-7(2)5(10)8(3)6(11)9(7)4;1-7-4-3-5(9)8(2)6(7)10;1-6(2)4(8)7(3)5(9)10-6;1-6-4(9)7(2)8(3)5(6)10;1-6-3-4(8)7(2)5(6)9;1-6-3(7)2-5-4(6)8;;;;;;;;/h2-7H,1H3;3-6,11H,1H2,2H3;2-7H2,1H3;1-4H3;3-4H,1-2H3;2*1-3H3;3H2,1-2H3;2H2,1H3,(H,5,8);8*1H4. The largest absolute Gasteiger partial charge is 0.433 e. The summed E-state index contributed by atoms with van der Waals surface area (Å²) >= 11 is 0. The average molecular weight is 1520 g/mol. The molecule has 2 N–H and O–H groups in total. The molecular formula is C74H118N16O18. The van der Waals surface area contributed by atoms with Gasteiger partial charge in [0, 0.05) is 140 Å². The zero-order valence-corrected chi connectivity index (χ0v) is 59.4. The van der Waals surface area contributed by atoms with E-state index in [4.69, 9.17) is 4.74 Å². The Labute approximate surface area is 634 Å². The van der Waals surface area contributed by atoms with Crippen molar-refractivity contribution >= 4 is 93.8 Å². The predicted molar refractivity (Wildman–Crippen MR) is 417 cm³/mol. The number of hydrogen-bond acceptors (Lipinski definition) is 19. The SMILES string of the molecule is C.C.C.C.C.C.C.C.C=C1Nc2ccccc2C(=O)N1C.CN1C(=O)CC2(CCCC2)CC1=O.CN1C(=O)CNC1=O.CN1C(=O)N(C)C(C)(C)C1=O.CN1C(=O)OC(C)(C)C1=O.CN1C(=O)c2cccc3cccc(c23)C1=O.CN1CC(=O)N(C)C1=O.Cn1c(=O)n(C)n(C)c1=O.Cn1ccc(=O)n(C)c1=O. The van der Waals surface area contributed by atoms with Crippen molar-refractivity contribution in [2.45, 2.75) is 137 Å². The van der Waals surface area contributed by atoms with Crippen LogP contribution >= 0.6 is 0 Å². The third kappa shape index (κ3) is 22.5. The zero-order chi connectivity index (χ0) is 75.7. The minimum atomic E-state index is -0.966. The predicted octanol–water partition coefficient (Wildman–Crippen LogP) is 6.98. The number of rotatable bonds is 0. The third-order valence-corrected chi connectivity index (χ3v) is 17.6. The minimum absolute atomic E-state index is 0. The maximum atomic E-state index is 11.9. The highest BCUT2D eigenvalue weighted by atomic mass is 16.6. The van der Waals surface area contributed by atoms with Gasteiger partial charge in [0.15, 0.2) is 5.60 Å². The second-order valence-electron chi connectivity index (χ2n) is 25.3. The molecule has 0 radical (unpaired) electrons. The first kappa shape index (κ1) is 103. The van der Waals surface area contributed by atoms with Gasteiger partial charge in [0.25, 0.3) is 35.1 Å². The van der Waals surface area contributed by atoms with Crippen molar-refractivity contribution in [2.24, 2.45) is 40.7 Å². The number of piperidine rings is 1. The number of benzene rings is 3. The lowest BCUT2D eigenvalue weighted by atomic mass is 9.76. The fraction of sp³-hybridized carbons (Fsp3) is 0.500. The van der Waals surface area contributed by atoms with Crippen LogP contribution in [0.3, 0.4) is 0 Å². The Morgan fingerprint density at radius 1 is 0.444 bits per heavy atom. The molecule has 108 heavy (non-hydrogen) atoms. The molecule has 9 heterocycles. The normalized spacial score (nSPS) is 16.8. The monoisotopic (exact) mass is 1520 g/mol. The lowest BCUT2D eigenvalue weighted by Crippen LogP contribution is -2.44. The number of hydrogen-bond donors (Lipinski definition) is 2. The van der Waals surface area contributed by atoms with Crippen LogP contribution < -0.4 is 33.3 Å². The van der Waals surface area contributed by atoms with E-state index in [-0.39, 0.29) is 172 Å². The molecule has 8 aliphatic rings. The molecular weight excluding hydrogens is 1400 g/mol. The summed E-state index contributed by atoms with van der Waals surface area (Å²) in [5.41, 5.74) is -0.0211. The van der Waals surface area contributed by atoms with Gasteiger partial charge in [-0.2, -0.15) is 0 Å². The van der Waals surface area contributed by atoms with Crippen LogP contribution in [0.25, 0.3) is 10.8 Å². The smallest absolute Gasteiger partial charge is 0.417 e. The van der Waals surface area contributed by atoms with Crippen LogP contribution in [0.1, 0.15) is 157 Å². The molecule has 5 aromatic rings. The first-order valence-corrected chi connectivity index (χ1v) is 31.0. The third-order valence-electron chi connectivity index (χ3n) is 17.6. The number of aromatic nitrogens is 5. The molecule has 6 fully saturated rings. The number of likely N-dealkylation sites (N-methyl/N-ethyl adjacent to an activating group) is 6. The van der Waals surface area contributed by atoms with Gasteiger partial charge in [0.05, 0.1) is 17.8 Å². The Morgan fingerprint density at radius 3 is 1.22 bits per heavy atom. The second-order valence-corrected chi connectivity index (χ2v) is 25.3. The van der Waals surface area contributed by atoms with Crippen LogP contribution in [0.5, 0.6) is 0 Å². The van der Waals surface area contributed by atoms with Crippen molar-refractivity contribution < 1.29 is 67.1 Å². The van der Waals surface area contributed by atoms with Crippen LogP contribution in [0.4, 0.5) is 24.9 Å². The molecule has 602 valence electrons. The zero-order valence-electron chi connectivity index (χ0n) is 59.4. The van der Waals surface area contributed by atoms with Crippen molar-refractivity contribution in [2.75, 3.05) is 81.8 Å². The van der Waals surface area contributed by atoms with Crippen molar-refractivity contribution in [3.05, 3.63) is 144 Å². The van der Waals surface area contributed by atoms with Crippen LogP contribution in [-0.4, -0.2) is 232 Å². The quantitative estimate of drug-likeness (QED) is 0.117. The molecule has 1 aliphatic carbocycles. The van der Waals surface area contributed by atoms with E-state index >= 15 is 0 Å². The van der Waals surface area contributed by atoms with Crippen LogP contribution in [0.2, 0.25) is 0 Å². The van der Waals surface area contributed by atoms with Gasteiger partial charge in [-0.3, -0.25) is 81.9 Å². The molecule has 0 atom stereocenters. The van der Waals surface area contributed by atoms with Gasteiger partial charge in [-0.05, 0) is 75.6 Å². The van der Waals surface area contributed by atoms with Crippen molar-refractivity contribution in [3.8, 4) is 0 Å². The number of nitrogens with zero attached hydrogens (tertiary/aromatic N) is 14. The number of anilines is 1.